The summed E-state index contributed by atoms with van der Waals surface area (Å²) in [6, 6.07) is 4.88. The van der Waals surface area contributed by atoms with Crippen LogP contribution in [-0.4, -0.2) is 44.0 Å². The smallest absolute Gasteiger partial charge is 0.407 e. The van der Waals surface area contributed by atoms with E-state index in [0.717, 1.165) is 16.3 Å². The number of rotatable bonds is 7. The number of nitrogens with zero attached hydrogens (tertiary/aromatic N) is 1. The number of hydrogen-bond acceptors (Lipinski definition) is 5. The monoisotopic (exact) mass is 380 g/mol. The average Bonchev–Trinajstić information content (AvgIpc) is 2.62. The molecule has 0 radical (unpaired) electrons. The molecule has 140 valence electrons. The predicted octanol–water partition coefficient (Wildman–Crippen LogP) is 2.90. The van der Waals surface area contributed by atoms with E-state index in [0.29, 0.717) is 24.0 Å². The number of methoxy groups -OCH3 is 1. The van der Waals surface area contributed by atoms with Crippen LogP contribution in [-0.2, 0) is 16.0 Å². The first-order chi connectivity index (χ1) is 12.5. The number of fused-ring (bicyclic) bond motifs is 1. The molecule has 2 aromatic rings. The summed E-state index contributed by atoms with van der Waals surface area (Å²) in [5, 5.41) is 9.95. The van der Waals surface area contributed by atoms with Crippen molar-refractivity contribution in [2.75, 3.05) is 32.2 Å². The molecule has 9 heteroatoms. The summed E-state index contributed by atoms with van der Waals surface area (Å²) in [6.45, 7) is 3.10. The number of nitrogens with one attached hydrogen (secondary N) is 3. The van der Waals surface area contributed by atoms with E-state index >= 15 is 0 Å². The number of halogens is 1. The number of pyridine rings is 1. The van der Waals surface area contributed by atoms with Crippen molar-refractivity contribution in [1.82, 2.24) is 15.6 Å². The van der Waals surface area contributed by atoms with Gasteiger partial charge in [0.15, 0.2) is 0 Å². The molecule has 2 rings (SSSR count). The largest absolute Gasteiger partial charge is 0.447 e. The Morgan fingerprint density at radius 3 is 2.73 bits per heavy atom. The third-order valence-corrected chi connectivity index (χ3v) is 3.79. The Balaban J connectivity index is 2.12. The Morgan fingerprint density at radius 1 is 1.19 bits per heavy atom. The van der Waals surface area contributed by atoms with Crippen LogP contribution in [0.5, 0.6) is 0 Å². The zero-order valence-corrected chi connectivity index (χ0v) is 15.4. The number of ether oxygens (including phenoxy) is 2. The number of carbonyl (C=O) groups excluding carboxylic acids is 2. The van der Waals surface area contributed by atoms with Gasteiger partial charge in [-0.25, -0.2) is 14.6 Å². The van der Waals surface area contributed by atoms with Crippen molar-refractivity contribution in [2.24, 2.45) is 0 Å². The number of hydrogen-bond donors (Lipinski definition) is 3. The van der Waals surface area contributed by atoms with E-state index in [4.69, 9.17) is 21.1 Å². The second-order valence-corrected chi connectivity index (χ2v) is 5.70. The van der Waals surface area contributed by atoms with Crippen LogP contribution < -0.4 is 16.0 Å². The van der Waals surface area contributed by atoms with Gasteiger partial charge < -0.3 is 20.1 Å². The molecule has 0 spiro atoms. The normalized spacial score (nSPS) is 10.4. The molecule has 0 saturated heterocycles. The van der Waals surface area contributed by atoms with Crippen LogP contribution in [0.15, 0.2) is 24.4 Å². The van der Waals surface area contributed by atoms with Gasteiger partial charge in [-0.1, -0.05) is 17.7 Å². The minimum absolute atomic E-state index is 0.181. The number of urea groups is 1. The molecule has 3 amide bonds. The molecule has 0 unspecified atom stereocenters. The van der Waals surface area contributed by atoms with Crippen LogP contribution in [0.3, 0.4) is 0 Å². The molecule has 0 atom stereocenters. The molecule has 0 fully saturated rings. The number of amides is 3. The highest BCUT2D eigenvalue weighted by atomic mass is 35.5. The summed E-state index contributed by atoms with van der Waals surface area (Å²) in [5.41, 5.74) is 0.824. The molecular formula is C17H21ClN4O4. The van der Waals surface area contributed by atoms with Crippen LogP contribution in [0, 0.1) is 0 Å². The van der Waals surface area contributed by atoms with Crippen molar-refractivity contribution in [2.45, 2.75) is 13.5 Å². The highest BCUT2D eigenvalue weighted by molar-refractivity contribution is 6.35. The Kier molecular flexibility index (Phi) is 7.43. The molecule has 1 heterocycles. The van der Waals surface area contributed by atoms with Gasteiger partial charge in [-0.15, -0.1) is 0 Å². The molecule has 0 aliphatic carbocycles. The molecule has 0 aliphatic rings. The summed E-state index contributed by atoms with van der Waals surface area (Å²) < 4.78 is 9.77. The Hall–Kier alpha value is -2.58. The minimum Gasteiger partial charge on any atom is -0.447 e. The predicted molar refractivity (Wildman–Crippen MR) is 99.5 cm³/mol. The van der Waals surface area contributed by atoms with Crippen LogP contribution in [0.4, 0.5) is 15.4 Å². The van der Waals surface area contributed by atoms with Gasteiger partial charge in [0.1, 0.15) is 12.4 Å². The molecular weight excluding hydrogens is 360 g/mol. The van der Waals surface area contributed by atoms with Crippen molar-refractivity contribution >= 4 is 40.3 Å². The molecule has 0 saturated carbocycles. The van der Waals surface area contributed by atoms with Gasteiger partial charge >= 0.3 is 12.1 Å². The third-order valence-electron chi connectivity index (χ3n) is 3.46. The first kappa shape index (κ1) is 19.7. The molecule has 1 aromatic carbocycles. The second kappa shape index (κ2) is 9.79. The summed E-state index contributed by atoms with van der Waals surface area (Å²) in [5.74, 6) is 0.384. The lowest BCUT2D eigenvalue weighted by molar-refractivity contribution is 0.0983. The molecule has 0 bridgehead atoms. The average molecular weight is 381 g/mol. The fourth-order valence-electron chi connectivity index (χ4n) is 2.24. The van der Waals surface area contributed by atoms with Crippen molar-refractivity contribution in [3.63, 3.8) is 0 Å². The highest BCUT2D eigenvalue weighted by Crippen LogP contribution is 2.28. The van der Waals surface area contributed by atoms with Gasteiger partial charge in [0.2, 0.25) is 0 Å². The van der Waals surface area contributed by atoms with Crippen LogP contribution >= 0.6 is 11.6 Å². The first-order valence-corrected chi connectivity index (χ1v) is 8.44. The summed E-state index contributed by atoms with van der Waals surface area (Å²) in [7, 11) is 1.53. The Morgan fingerprint density at radius 2 is 2.00 bits per heavy atom. The standard InChI is InChI=1S/C17H21ClN4O4/c1-3-19-16(23)22-15-8-12-13(10-20-15)11(4-5-14(12)18)9-21-17(24)26-7-6-25-2/h4-5,8,10H,3,6-7,9H2,1-2H3,(H,21,24)(H2,19,20,22,23). The van der Waals surface area contributed by atoms with Gasteiger partial charge in [0, 0.05) is 42.2 Å². The number of carbonyl (C=O) groups is 2. The van der Waals surface area contributed by atoms with Crippen molar-refractivity contribution in [1.29, 1.82) is 0 Å². The van der Waals surface area contributed by atoms with E-state index in [1.807, 2.05) is 6.92 Å². The number of alkyl carbamates (subject to hydrolysis) is 1. The third kappa shape index (κ3) is 5.47. The zero-order valence-electron chi connectivity index (χ0n) is 14.6. The SMILES string of the molecule is CCNC(=O)Nc1cc2c(Cl)ccc(CNC(=O)OCCOC)c2cn1. The first-order valence-electron chi connectivity index (χ1n) is 8.06. The van der Waals surface area contributed by atoms with Crippen molar-refractivity contribution in [3.8, 4) is 0 Å². The van der Waals surface area contributed by atoms with E-state index in [1.54, 1.807) is 24.4 Å². The van der Waals surface area contributed by atoms with Gasteiger partial charge in [0.05, 0.1) is 6.61 Å². The fourth-order valence-corrected chi connectivity index (χ4v) is 2.46. The maximum absolute atomic E-state index is 11.6. The summed E-state index contributed by atoms with van der Waals surface area (Å²) >= 11 is 6.26. The molecule has 3 N–H and O–H groups in total. The lowest BCUT2D eigenvalue weighted by atomic mass is 10.1. The van der Waals surface area contributed by atoms with Crippen LogP contribution in [0.25, 0.3) is 10.8 Å². The van der Waals surface area contributed by atoms with E-state index in [-0.39, 0.29) is 19.2 Å². The lowest BCUT2D eigenvalue weighted by Gasteiger charge is -2.11. The van der Waals surface area contributed by atoms with Crippen LogP contribution in [0.1, 0.15) is 12.5 Å². The number of aromatic nitrogens is 1. The zero-order chi connectivity index (χ0) is 18.9. The maximum atomic E-state index is 11.6. The Labute approximate surface area is 156 Å². The highest BCUT2D eigenvalue weighted by Gasteiger charge is 2.10. The molecule has 0 aliphatic heterocycles. The quantitative estimate of drug-likeness (QED) is 0.641. The van der Waals surface area contributed by atoms with E-state index in [2.05, 4.69) is 20.9 Å². The van der Waals surface area contributed by atoms with Gasteiger partial charge in [-0.3, -0.25) is 5.32 Å². The Bertz CT molecular complexity index is 785. The van der Waals surface area contributed by atoms with Crippen LogP contribution in [0.2, 0.25) is 5.02 Å². The number of benzene rings is 1. The van der Waals surface area contributed by atoms with Gasteiger partial charge in [-0.2, -0.15) is 0 Å². The maximum Gasteiger partial charge on any atom is 0.407 e. The van der Waals surface area contributed by atoms with E-state index < -0.39 is 6.09 Å². The molecule has 1 aromatic heterocycles. The minimum atomic E-state index is -0.535. The van der Waals surface area contributed by atoms with Crippen molar-refractivity contribution < 1.29 is 19.1 Å². The second-order valence-electron chi connectivity index (χ2n) is 5.29. The number of anilines is 1. The molecule has 8 nitrogen and oxygen atoms in total. The topological polar surface area (TPSA) is 102 Å². The summed E-state index contributed by atoms with van der Waals surface area (Å²) in [6.07, 6.45) is 1.07. The van der Waals surface area contributed by atoms with E-state index in [1.165, 1.54) is 7.11 Å². The van der Waals surface area contributed by atoms with Crippen molar-refractivity contribution in [3.05, 3.63) is 35.0 Å². The van der Waals surface area contributed by atoms with Gasteiger partial charge in [-0.05, 0) is 24.6 Å². The summed E-state index contributed by atoms with van der Waals surface area (Å²) in [4.78, 5) is 27.5. The molecule has 26 heavy (non-hydrogen) atoms. The fraction of sp³-hybridized carbons (Fsp3) is 0.353. The van der Waals surface area contributed by atoms with Gasteiger partial charge in [0.25, 0.3) is 0 Å². The lowest BCUT2D eigenvalue weighted by Crippen LogP contribution is -2.28. The van der Waals surface area contributed by atoms with E-state index in [9.17, 15) is 9.59 Å².